The first-order chi connectivity index (χ1) is 18.1. The van der Waals surface area contributed by atoms with E-state index in [0.29, 0.717) is 5.56 Å². The van der Waals surface area contributed by atoms with Crippen molar-refractivity contribution >= 4 is 27.5 Å². The molecule has 202 valence electrons. The van der Waals surface area contributed by atoms with E-state index in [0.717, 1.165) is 16.1 Å². The third-order valence-corrected chi connectivity index (χ3v) is 7.24. The molecule has 0 unspecified atom stereocenters. The van der Waals surface area contributed by atoms with Crippen LogP contribution in [0.2, 0.25) is 0 Å². The molecule has 1 atom stereocenters. The van der Waals surface area contributed by atoms with E-state index in [4.69, 9.17) is 0 Å². The summed E-state index contributed by atoms with van der Waals surface area (Å²) in [5.74, 6) is -1.87. The van der Waals surface area contributed by atoms with Crippen molar-refractivity contribution in [1.82, 2.24) is 10.2 Å². The first-order valence-electron chi connectivity index (χ1n) is 12.1. The molecule has 3 rings (SSSR count). The average Bonchev–Trinajstić information content (AvgIpc) is 2.89. The fraction of sp³-hybridized carbons (Fsp3) is 0.286. The first-order valence-corrected chi connectivity index (χ1v) is 14.0. The molecule has 0 radical (unpaired) electrons. The fourth-order valence-electron chi connectivity index (χ4n) is 4.14. The lowest BCUT2D eigenvalue weighted by Crippen LogP contribution is -2.49. The largest absolute Gasteiger partial charge is 0.357 e. The van der Waals surface area contributed by atoms with Gasteiger partial charge in [0.05, 0.1) is 11.9 Å². The Labute approximate surface area is 222 Å². The van der Waals surface area contributed by atoms with Gasteiger partial charge in [0.2, 0.25) is 21.8 Å². The zero-order chi connectivity index (χ0) is 27.7. The molecule has 0 aliphatic rings. The van der Waals surface area contributed by atoms with Gasteiger partial charge in [-0.25, -0.2) is 17.2 Å². The molecule has 38 heavy (non-hydrogen) atoms. The maximum absolute atomic E-state index is 14.3. The minimum atomic E-state index is -3.82. The van der Waals surface area contributed by atoms with Crippen molar-refractivity contribution in [1.29, 1.82) is 0 Å². The highest BCUT2D eigenvalue weighted by molar-refractivity contribution is 7.92. The predicted octanol–water partition coefficient (Wildman–Crippen LogP) is 3.90. The molecule has 0 saturated carbocycles. The lowest BCUT2D eigenvalue weighted by Gasteiger charge is -2.31. The number of likely N-dealkylation sites (N-methyl/N-ethyl adjacent to an activating group) is 1. The standard InChI is InChI=1S/C28H31F2N3O4S/c1-31-28(35)26(19-21-9-4-3-5-10-21)32(20-22-14-16-23(29)17-15-22)27(34)13-8-18-33(38(2,36)37)25-12-7-6-11-24(25)30/h3-7,9-12,14-17,26H,8,13,18-20H2,1-2H3,(H,31,35)/t26-/m0/s1. The van der Waals surface area contributed by atoms with Crippen LogP contribution in [0.15, 0.2) is 78.9 Å². The van der Waals surface area contributed by atoms with Gasteiger partial charge < -0.3 is 10.2 Å². The summed E-state index contributed by atoms with van der Waals surface area (Å²) in [7, 11) is -2.33. The fourth-order valence-corrected chi connectivity index (χ4v) is 5.11. The van der Waals surface area contributed by atoms with Crippen LogP contribution in [-0.2, 0) is 32.6 Å². The Kier molecular flexibility index (Phi) is 9.95. The molecule has 0 aromatic heterocycles. The lowest BCUT2D eigenvalue weighted by atomic mass is 10.0. The van der Waals surface area contributed by atoms with Gasteiger partial charge in [0.15, 0.2) is 0 Å². The summed E-state index contributed by atoms with van der Waals surface area (Å²) in [5, 5.41) is 2.62. The number of amides is 2. The molecule has 0 bridgehead atoms. The number of nitrogens with one attached hydrogen (secondary N) is 1. The van der Waals surface area contributed by atoms with Crippen LogP contribution in [0, 0.1) is 11.6 Å². The Morgan fingerprint density at radius 3 is 2.13 bits per heavy atom. The number of hydrogen-bond donors (Lipinski definition) is 1. The Morgan fingerprint density at radius 2 is 1.53 bits per heavy atom. The summed E-state index contributed by atoms with van der Waals surface area (Å²) in [6, 6.07) is 19.5. The van der Waals surface area contributed by atoms with Gasteiger partial charge >= 0.3 is 0 Å². The third-order valence-electron chi connectivity index (χ3n) is 6.06. The molecule has 0 heterocycles. The summed E-state index contributed by atoms with van der Waals surface area (Å²) >= 11 is 0. The highest BCUT2D eigenvalue weighted by Gasteiger charge is 2.30. The average molecular weight is 544 g/mol. The second-order valence-electron chi connectivity index (χ2n) is 8.86. The number of nitrogens with zero attached hydrogens (tertiary/aromatic N) is 2. The Bertz CT molecular complexity index is 1340. The molecule has 0 fully saturated rings. The van der Waals surface area contributed by atoms with Crippen molar-refractivity contribution in [3.63, 3.8) is 0 Å². The minimum Gasteiger partial charge on any atom is -0.357 e. The Morgan fingerprint density at radius 1 is 0.895 bits per heavy atom. The van der Waals surface area contributed by atoms with Crippen LogP contribution in [0.3, 0.4) is 0 Å². The van der Waals surface area contributed by atoms with Crippen LogP contribution < -0.4 is 9.62 Å². The molecule has 0 saturated heterocycles. The number of halogens is 2. The lowest BCUT2D eigenvalue weighted by molar-refractivity contribution is -0.141. The molecule has 7 nitrogen and oxygen atoms in total. The van der Waals surface area contributed by atoms with Crippen LogP contribution in [0.25, 0.3) is 0 Å². The van der Waals surface area contributed by atoms with Crippen LogP contribution in [0.5, 0.6) is 0 Å². The smallest absolute Gasteiger partial charge is 0.242 e. The molecular weight excluding hydrogens is 512 g/mol. The number of sulfonamides is 1. The molecule has 1 N–H and O–H groups in total. The predicted molar refractivity (Wildman–Crippen MR) is 143 cm³/mol. The number of anilines is 1. The molecule has 10 heteroatoms. The van der Waals surface area contributed by atoms with E-state index in [2.05, 4.69) is 5.32 Å². The molecular formula is C28H31F2N3O4S. The van der Waals surface area contributed by atoms with Gasteiger partial charge in [0, 0.05) is 33.0 Å². The van der Waals surface area contributed by atoms with Crippen molar-refractivity contribution in [2.24, 2.45) is 0 Å². The van der Waals surface area contributed by atoms with E-state index in [1.807, 2.05) is 30.3 Å². The second-order valence-corrected chi connectivity index (χ2v) is 10.8. The second kappa shape index (κ2) is 13.1. The molecule has 2 amide bonds. The number of rotatable bonds is 12. The SMILES string of the molecule is CNC(=O)[C@H](Cc1ccccc1)N(Cc1ccc(F)cc1)C(=O)CCCN(c1ccccc1F)S(C)(=O)=O. The van der Waals surface area contributed by atoms with E-state index in [1.165, 1.54) is 48.3 Å². The van der Waals surface area contributed by atoms with Crippen LogP contribution in [0.4, 0.5) is 14.5 Å². The van der Waals surface area contributed by atoms with Gasteiger partial charge in [-0.05, 0) is 41.8 Å². The summed E-state index contributed by atoms with van der Waals surface area (Å²) in [4.78, 5) is 27.9. The summed E-state index contributed by atoms with van der Waals surface area (Å²) in [6.07, 6.45) is 1.22. The maximum Gasteiger partial charge on any atom is 0.242 e. The number of para-hydroxylation sites is 1. The van der Waals surface area contributed by atoms with E-state index < -0.39 is 27.7 Å². The normalized spacial score (nSPS) is 12.0. The van der Waals surface area contributed by atoms with Crippen LogP contribution in [-0.4, -0.2) is 51.0 Å². The zero-order valence-electron chi connectivity index (χ0n) is 21.3. The molecule has 0 spiro atoms. The number of benzene rings is 3. The van der Waals surface area contributed by atoms with Crippen molar-refractivity contribution in [2.45, 2.75) is 31.8 Å². The van der Waals surface area contributed by atoms with Crippen molar-refractivity contribution < 1.29 is 26.8 Å². The van der Waals surface area contributed by atoms with Gasteiger partial charge in [-0.3, -0.25) is 13.9 Å². The van der Waals surface area contributed by atoms with Gasteiger partial charge in [-0.2, -0.15) is 0 Å². The van der Waals surface area contributed by atoms with Crippen molar-refractivity contribution in [3.05, 3.63) is 102 Å². The van der Waals surface area contributed by atoms with Gasteiger partial charge in [0.1, 0.15) is 17.7 Å². The van der Waals surface area contributed by atoms with E-state index in [1.54, 1.807) is 12.1 Å². The first kappa shape index (κ1) is 28.8. The van der Waals surface area contributed by atoms with E-state index in [9.17, 15) is 26.8 Å². The molecule has 3 aromatic carbocycles. The minimum absolute atomic E-state index is 0.0487. The van der Waals surface area contributed by atoms with Crippen molar-refractivity contribution in [2.75, 3.05) is 24.2 Å². The van der Waals surface area contributed by atoms with E-state index >= 15 is 0 Å². The quantitative estimate of drug-likeness (QED) is 0.376. The zero-order valence-corrected chi connectivity index (χ0v) is 22.1. The monoisotopic (exact) mass is 543 g/mol. The van der Waals surface area contributed by atoms with Crippen molar-refractivity contribution in [3.8, 4) is 0 Å². The summed E-state index contributed by atoms with van der Waals surface area (Å²) in [5.41, 5.74) is 1.38. The van der Waals surface area contributed by atoms with Crippen LogP contribution in [0.1, 0.15) is 24.0 Å². The number of carbonyl (C=O) groups is 2. The summed E-state index contributed by atoms with van der Waals surface area (Å²) < 4.78 is 53.5. The highest BCUT2D eigenvalue weighted by atomic mass is 32.2. The topological polar surface area (TPSA) is 86.8 Å². The number of hydrogen-bond acceptors (Lipinski definition) is 4. The Balaban J connectivity index is 1.84. The third kappa shape index (κ3) is 7.85. The van der Waals surface area contributed by atoms with Crippen LogP contribution >= 0.6 is 0 Å². The molecule has 0 aliphatic heterocycles. The maximum atomic E-state index is 14.3. The Hall–Kier alpha value is -3.79. The highest BCUT2D eigenvalue weighted by Crippen LogP contribution is 2.23. The van der Waals surface area contributed by atoms with Gasteiger partial charge in [0.25, 0.3) is 0 Å². The number of carbonyl (C=O) groups excluding carboxylic acids is 2. The van der Waals surface area contributed by atoms with Gasteiger partial charge in [-0.15, -0.1) is 0 Å². The molecule has 3 aromatic rings. The molecule has 0 aliphatic carbocycles. The van der Waals surface area contributed by atoms with E-state index in [-0.39, 0.29) is 49.9 Å². The van der Waals surface area contributed by atoms with Gasteiger partial charge in [-0.1, -0.05) is 54.6 Å². The summed E-state index contributed by atoms with van der Waals surface area (Å²) in [6.45, 7) is -0.0770.